The van der Waals surface area contributed by atoms with Crippen LogP contribution in [0.5, 0.6) is 5.75 Å². The summed E-state index contributed by atoms with van der Waals surface area (Å²) in [6, 6.07) is 8.49. The smallest absolute Gasteiger partial charge is 0.279 e. The van der Waals surface area contributed by atoms with Crippen LogP contribution in [0.2, 0.25) is 0 Å². The van der Waals surface area contributed by atoms with E-state index in [9.17, 15) is 13.6 Å². The van der Waals surface area contributed by atoms with E-state index in [4.69, 9.17) is 11.2 Å². The standard InChI is InChI=1S/C19H14F2N2O2S/c1-3-9-23-17-15(21)10-13(20)11-16(17)26-19(23)22-18(24)12-5-7-14(8-6-12)25-4-2/h1,5-8,10-11H,4,9H2,2H3. The number of nitrogens with zero attached hydrogens (tertiary/aromatic N) is 2. The summed E-state index contributed by atoms with van der Waals surface area (Å²) in [5.41, 5.74) is 0.484. The van der Waals surface area contributed by atoms with E-state index in [0.717, 1.165) is 17.4 Å². The van der Waals surface area contributed by atoms with E-state index in [1.54, 1.807) is 24.3 Å². The van der Waals surface area contributed by atoms with Crippen LogP contribution < -0.4 is 9.54 Å². The summed E-state index contributed by atoms with van der Waals surface area (Å²) in [5.74, 6) is 1.09. The number of hydrogen-bond acceptors (Lipinski definition) is 3. The van der Waals surface area contributed by atoms with E-state index < -0.39 is 17.5 Å². The van der Waals surface area contributed by atoms with Crippen LogP contribution in [0.4, 0.5) is 8.78 Å². The van der Waals surface area contributed by atoms with Gasteiger partial charge in [0, 0.05) is 11.6 Å². The molecule has 1 aromatic heterocycles. The zero-order valence-corrected chi connectivity index (χ0v) is 14.6. The highest BCUT2D eigenvalue weighted by Crippen LogP contribution is 2.22. The number of aromatic nitrogens is 1. The molecule has 0 N–H and O–H groups in total. The summed E-state index contributed by atoms with van der Waals surface area (Å²) in [6.07, 6.45) is 5.34. The van der Waals surface area contributed by atoms with Gasteiger partial charge in [0.15, 0.2) is 10.6 Å². The summed E-state index contributed by atoms with van der Waals surface area (Å²) >= 11 is 1.00. The van der Waals surface area contributed by atoms with Gasteiger partial charge < -0.3 is 9.30 Å². The molecule has 0 aliphatic heterocycles. The number of carbonyl (C=O) groups excluding carboxylic acids is 1. The van der Waals surface area contributed by atoms with Gasteiger partial charge in [0.05, 0.1) is 23.4 Å². The lowest BCUT2D eigenvalue weighted by atomic mass is 10.2. The van der Waals surface area contributed by atoms with Crippen molar-refractivity contribution in [3.05, 3.63) is 58.4 Å². The van der Waals surface area contributed by atoms with E-state index in [2.05, 4.69) is 10.9 Å². The Morgan fingerprint density at radius 1 is 1.31 bits per heavy atom. The summed E-state index contributed by atoms with van der Waals surface area (Å²) in [6.45, 7) is 2.40. The first-order chi connectivity index (χ1) is 12.5. The summed E-state index contributed by atoms with van der Waals surface area (Å²) in [7, 11) is 0. The molecule has 26 heavy (non-hydrogen) atoms. The quantitative estimate of drug-likeness (QED) is 0.655. The lowest BCUT2D eigenvalue weighted by Gasteiger charge is -2.03. The van der Waals surface area contributed by atoms with Crippen molar-refractivity contribution in [3.63, 3.8) is 0 Å². The van der Waals surface area contributed by atoms with Crippen molar-refractivity contribution < 1.29 is 18.3 Å². The van der Waals surface area contributed by atoms with Crippen molar-refractivity contribution in [3.8, 4) is 18.1 Å². The maximum absolute atomic E-state index is 14.2. The highest BCUT2D eigenvalue weighted by Gasteiger charge is 2.14. The molecule has 3 rings (SSSR count). The Labute approximate surface area is 152 Å². The van der Waals surface area contributed by atoms with Gasteiger partial charge in [-0.05, 0) is 37.3 Å². The number of halogens is 2. The third kappa shape index (κ3) is 3.51. The second-order valence-corrected chi connectivity index (χ2v) is 6.29. The zero-order chi connectivity index (χ0) is 18.7. The van der Waals surface area contributed by atoms with Crippen molar-refractivity contribution in [2.45, 2.75) is 13.5 Å². The molecule has 132 valence electrons. The highest BCUT2D eigenvalue weighted by molar-refractivity contribution is 7.16. The van der Waals surface area contributed by atoms with Crippen LogP contribution in [0.1, 0.15) is 17.3 Å². The van der Waals surface area contributed by atoms with Gasteiger partial charge in [-0.1, -0.05) is 17.3 Å². The lowest BCUT2D eigenvalue weighted by Crippen LogP contribution is -2.17. The van der Waals surface area contributed by atoms with E-state index >= 15 is 0 Å². The van der Waals surface area contributed by atoms with Crippen LogP contribution >= 0.6 is 11.3 Å². The molecular formula is C19H14F2N2O2S. The van der Waals surface area contributed by atoms with Gasteiger partial charge in [0.25, 0.3) is 5.91 Å². The zero-order valence-electron chi connectivity index (χ0n) is 13.8. The first-order valence-electron chi connectivity index (χ1n) is 7.77. The van der Waals surface area contributed by atoms with Gasteiger partial charge in [-0.2, -0.15) is 4.99 Å². The SMILES string of the molecule is C#CCn1c(=NC(=O)c2ccc(OCC)cc2)sc2cc(F)cc(F)c21. The van der Waals surface area contributed by atoms with Gasteiger partial charge in [-0.15, -0.1) is 6.42 Å². The summed E-state index contributed by atoms with van der Waals surface area (Å²) in [5, 5.41) is 0. The molecule has 0 atom stereocenters. The number of rotatable bonds is 4. The number of hydrogen-bond donors (Lipinski definition) is 0. The van der Waals surface area contributed by atoms with Crippen LogP contribution in [0.15, 0.2) is 41.4 Å². The van der Waals surface area contributed by atoms with Crippen LogP contribution in [-0.4, -0.2) is 17.1 Å². The topological polar surface area (TPSA) is 43.6 Å². The molecule has 2 aromatic carbocycles. The molecule has 0 unspecified atom stereocenters. The van der Waals surface area contributed by atoms with Crippen molar-refractivity contribution in [2.75, 3.05) is 6.61 Å². The maximum Gasteiger partial charge on any atom is 0.279 e. The summed E-state index contributed by atoms with van der Waals surface area (Å²) in [4.78, 5) is 16.7. The Bertz CT molecular complexity index is 1080. The second kappa shape index (κ2) is 7.50. The Hall–Kier alpha value is -2.98. The molecule has 0 saturated heterocycles. The van der Waals surface area contributed by atoms with Crippen LogP contribution in [0.3, 0.4) is 0 Å². The average molecular weight is 372 g/mol. The number of benzene rings is 2. The van der Waals surface area contributed by atoms with Gasteiger partial charge in [0.2, 0.25) is 0 Å². The van der Waals surface area contributed by atoms with Crippen LogP contribution in [0, 0.1) is 24.0 Å². The number of carbonyl (C=O) groups is 1. The minimum Gasteiger partial charge on any atom is -0.494 e. The van der Waals surface area contributed by atoms with Crippen molar-refractivity contribution in [2.24, 2.45) is 4.99 Å². The predicted molar refractivity (Wildman–Crippen MR) is 96.1 cm³/mol. The van der Waals surface area contributed by atoms with Crippen LogP contribution in [0.25, 0.3) is 10.2 Å². The number of amides is 1. The molecule has 3 aromatic rings. The van der Waals surface area contributed by atoms with Crippen molar-refractivity contribution >= 4 is 27.5 Å². The molecule has 7 heteroatoms. The molecule has 1 heterocycles. The third-order valence-corrected chi connectivity index (χ3v) is 4.58. The van der Waals surface area contributed by atoms with Gasteiger partial charge in [0.1, 0.15) is 11.6 Å². The fraction of sp³-hybridized carbons (Fsp3) is 0.158. The van der Waals surface area contributed by atoms with Crippen molar-refractivity contribution in [1.82, 2.24) is 4.57 Å². The number of thiazole rings is 1. The molecule has 0 spiro atoms. The number of fused-ring (bicyclic) bond motifs is 1. The fourth-order valence-electron chi connectivity index (χ4n) is 2.46. The summed E-state index contributed by atoms with van der Waals surface area (Å²) < 4.78 is 34.7. The molecule has 0 saturated carbocycles. The monoisotopic (exact) mass is 372 g/mol. The second-order valence-electron chi connectivity index (χ2n) is 5.28. The normalized spacial score (nSPS) is 11.5. The van der Waals surface area contributed by atoms with Crippen molar-refractivity contribution in [1.29, 1.82) is 0 Å². The molecule has 0 bridgehead atoms. The molecule has 0 aliphatic rings. The Morgan fingerprint density at radius 2 is 2.04 bits per heavy atom. The Balaban J connectivity index is 2.08. The highest BCUT2D eigenvalue weighted by atomic mass is 32.1. The minimum atomic E-state index is -0.749. The molecular weight excluding hydrogens is 358 g/mol. The van der Waals surface area contributed by atoms with E-state index in [-0.39, 0.29) is 16.9 Å². The molecule has 1 amide bonds. The molecule has 0 radical (unpaired) electrons. The number of terminal acetylenes is 1. The van der Waals surface area contributed by atoms with E-state index in [0.29, 0.717) is 22.6 Å². The minimum absolute atomic E-state index is 0.0118. The third-order valence-electron chi connectivity index (χ3n) is 3.55. The maximum atomic E-state index is 14.2. The number of ether oxygens (including phenoxy) is 1. The Morgan fingerprint density at radius 3 is 2.69 bits per heavy atom. The largest absolute Gasteiger partial charge is 0.494 e. The molecule has 0 aliphatic carbocycles. The van der Waals surface area contributed by atoms with Gasteiger partial charge in [-0.25, -0.2) is 8.78 Å². The van der Waals surface area contributed by atoms with Gasteiger partial charge in [-0.3, -0.25) is 4.79 Å². The average Bonchev–Trinajstić information content (AvgIpc) is 2.93. The van der Waals surface area contributed by atoms with Gasteiger partial charge >= 0.3 is 0 Å². The molecule has 0 fully saturated rings. The first-order valence-corrected chi connectivity index (χ1v) is 8.59. The van der Waals surface area contributed by atoms with E-state index in [1.807, 2.05) is 6.92 Å². The van der Waals surface area contributed by atoms with Crippen LogP contribution in [-0.2, 0) is 6.54 Å². The predicted octanol–water partition coefficient (Wildman–Crippen LogP) is 3.75. The molecule has 4 nitrogen and oxygen atoms in total. The fourth-order valence-corrected chi connectivity index (χ4v) is 3.53. The lowest BCUT2D eigenvalue weighted by molar-refractivity contribution is 0.0998. The Kier molecular flexibility index (Phi) is 5.14. The first kappa shape index (κ1) is 17.8. The van der Waals surface area contributed by atoms with E-state index in [1.165, 1.54) is 10.6 Å².